The predicted octanol–water partition coefficient (Wildman–Crippen LogP) is 1.08. The van der Waals surface area contributed by atoms with Gasteiger partial charge in [0.2, 0.25) is 0 Å². The van der Waals surface area contributed by atoms with Crippen LogP contribution >= 0.6 is 0 Å². The molecule has 0 aliphatic rings. The summed E-state index contributed by atoms with van der Waals surface area (Å²) in [7, 11) is 0. The molecule has 4 nitrogen and oxygen atoms in total. The van der Waals surface area contributed by atoms with Crippen LogP contribution in [0, 0.1) is 17.0 Å². The minimum absolute atomic E-state index is 0. The third-order valence-corrected chi connectivity index (χ3v) is 1.24. The first kappa shape index (κ1) is 9.58. The van der Waals surface area contributed by atoms with Crippen LogP contribution in [0.1, 0.15) is 5.56 Å². The average molecular weight is 155 g/mol. The summed E-state index contributed by atoms with van der Waals surface area (Å²) in [6.45, 7) is 1.89. The topological polar surface area (TPSA) is 74.6 Å². The summed E-state index contributed by atoms with van der Waals surface area (Å²) in [6, 6.07) is 6.43. The quantitative estimate of drug-likeness (QED) is 0.449. The first-order valence-corrected chi connectivity index (χ1v) is 2.91. The lowest BCUT2D eigenvalue weighted by atomic mass is 10.2. The van der Waals surface area contributed by atoms with Crippen molar-refractivity contribution in [1.29, 1.82) is 0 Å². The van der Waals surface area contributed by atoms with Crippen LogP contribution in [0.2, 0.25) is 0 Å². The van der Waals surface area contributed by atoms with Crippen LogP contribution in [0.5, 0.6) is 0 Å². The first-order valence-electron chi connectivity index (χ1n) is 2.91. The van der Waals surface area contributed by atoms with E-state index in [-0.39, 0.29) is 11.2 Å². The Labute approximate surface area is 63.9 Å². The van der Waals surface area contributed by atoms with Gasteiger partial charge in [-0.3, -0.25) is 10.1 Å². The van der Waals surface area contributed by atoms with E-state index >= 15 is 0 Å². The number of hydrogen-bond donors (Lipinski definition) is 0. The normalized spacial score (nSPS) is 8.45. The first-order chi connectivity index (χ1) is 4.70. The minimum atomic E-state index is -0.403. The number of non-ortho nitro benzene ring substituents is 1. The van der Waals surface area contributed by atoms with Gasteiger partial charge in [0, 0.05) is 12.1 Å². The molecule has 0 aliphatic carbocycles. The minimum Gasteiger partial charge on any atom is -0.412 e. The number of benzene rings is 1. The van der Waals surface area contributed by atoms with E-state index in [2.05, 4.69) is 0 Å². The molecule has 0 bridgehead atoms. The molecule has 0 aromatic heterocycles. The second-order valence-corrected chi connectivity index (χ2v) is 2.09. The maximum absolute atomic E-state index is 10.1. The zero-order valence-electron chi connectivity index (χ0n) is 6.07. The Kier molecular flexibility index (Phi) is 3.20. The van der Waals surface area contributed by atoms with E-state index in [1.165, 1.54) is 12.1 Å². The molecule has 0 unspecified atom stereocenters. The van der Waals surface area contributed by atoms with Crippen molar-refractivity contribution < 1.29 is 10.4 Å². The molecule has 0 radical (unpaired) electrons. The van der Waals surface area contributed by atoms with Gasteiger partial charge in [-0.05, 0) is 6.92 Å². The number of nitro benzene ring substituents is 1. The van der Waals surface area contributed by atoms with Gasteiger partial charge in [0.1, 0.15) is 0 Å². The Morgan fingerprint density at radius 2 is 1.73 bits per heavy atom. The van der Waals surface area contributed by atoms with E-state index in [0.29, 0.717) is 0 Å². The zero-order chi connectivity index (χ0) is 7.56. The molecule has 0 amide bonds. The molecule has 0 heterocycles. The Hall–Kier alpha value is -1.42. The highest BCUT2D eigenvalue weighted by molar-refractivity contribution is 5.31. The van der Waals surface area contributed by atoms with E-state index < -0.39 is 4.92 Å². The Morgan fingerprint density at radius 1 is 1.27 bits per heavy atom. The SMILES string of the molecule is Cc1ccc([N+](=O)[O-])cc1.O. The fraction of sp³-hybridized carbons (Fsp3) is 0.143. The van der Waals surface area contributed by atoms with Crippen molar-refractivity contribution in [1.82, 2.24) is 0 Å². The van der Waals surface area contributed by atoms with Gasteiger partial charge in [-0.15, -0.1) is 0 Å². The number of aryl methyl sites for hydroxylation is 1. The summed E-state index contributed by atoms with van der Waals surface area (Å²) >= 11 is 0. The van der Waals surface area contributed by atoms with Gasteiger partial charge in [-0.25, -0.2) is 0 Å². The monoisotopic (exact) mass is 155 g/mol. The van der Waals surface area contributed by atoms with Crippen molar-refractivity contribution in [3.8, 4) is 0 Å². The summed E-state index contributed by atoms with van der Waals surface area (Å²) in [6.07, 6.45) is 0. The van der Waals surface area contributed by atoms with E-state index in [4.69, 9.17) is 0 Å². The van der Waals surface area contributed by atoms with Gasteiger partial charge in [0.05, 0.1) is 4.92 Å². The number of rotatable bonds is 1. The molecular weight excluding hydrogens is 146 g/mol. The van der Waals surface area contributed by atoms with Crippen LogP contribution in [0.3, 0.4) is 0 Å². The lowest BCUT2D eigenvalue weighted by molar-refractivity contribution is -0.384. The van der Waals surface area contributed by atoms with Crippen LogP contribution in [0.4, 0.5) is 5.69 Å². The molecule has 60 valence electrons. The van der Waals surface area contributed by atoms with Crippen LogP contribution in [-0.2, 0) is 0 Å². The van der Waals surface area contributed by atoms with Crippen LogP contribution in [-0.4, -0.2) is 10.4 Å². The molecule has 1 aromatic carbocycles. The van der Waals surface area contributed by atoms with E-state index in [0.717, 1.165) is 5.56 Å². The van der Waals surface area contributed by atoms with Gasteiger partial charge in [-0.1, -0.05) is 17.7 Å². The highest BCUT2D eigenvalue weighted by atomic mass is 16.6. The van der Waals surface area contributed by atoms with E-state index in [1.807, 2.05) is 6.92 Å². The van der Waals surface area contributed by atoms with E-state index in [1.54, 1.807) is 12.1 Å². The molecule has 0 saturated heterocycles. The molecule has 1 aromatic rings. The maximum Gasteiger partial charge on any atom is 0.269 e. The highest BCUT2D eigenvalue weighted by Gasteiger charge is 2.00. The van der Waals surface area contributed by atoms with Crippen LogP contribution < -0.4 is 0 Å². The summed E-state index contributed by atoms with van der Waals surface area (Å²) in [5, 5.41) is 10.1. The molecule has 2 N–H and O–H groups in total. The largest absolute Gasteiger partial charge is 0.412 e. The number of hydrogen-bond acceptors (Lipinski definition) is 2. The molecule has 4 heteroatoms. The lowest BCUT2D eigenvalue weighted by Gasteiger charge is -1.90. The molecule has 0 saturated carbocycles. The number of nitrogens with zero attached hydrogens (tertiary/aromatic N) is 1. The fourth-order valence-electron chi connectivity index (χ4n) is 0.666. The Morgan fingerprint density at radius 3 is 2.09 bits per heavy atom. The van der Waals surface area contributed by atoms with Crippen molar-refractivity contribution in [3.63, 3.8) is 0 Å². The molecule has 0 atom stereocenters. The second-order valence-electron chi connectivity index (χ2n) is 2.09. The Bertz CT molecular complexity index is 242. The average Bonchev–Trinajstić information content (AvgIpc) is 1.88. The maximum atomic E-state index is 10.1. The lowest BCUT2D eigenvalue weighted by Crippen LogP contribution is -1.86. The third kappa shape index (κ3) is 2.35. The fourth-order valence-corrected chi connectivity index (χ4v) is 0.666. The van der Waals surface area contributed by atoms with Gasteiger partial charge < -0.3 is 5.48 Å². The third-order valence-electron chi connectivity index (χ3n) is 1.24. The van der Waals surface area contributed by atoms with Gasteiger partial charge >= 0.3 is 0 Å². The predicted molar refractivity (Wildman–Crippen MR) is 41.4 cm³/mol. The Balaban J connectivity index is 0.000001000. The van der Waals surface area contributed by atoms with Gasteiger partial charge in [0.25, 0.3) is 5.69 Å². The molecule has 1 rings (SSSR count). The summed E-state index contributed by atoms with van der Waals surface area (Å²) < 4.78 is 0. The molecular formula is C7H9NO3. The summed E-state index contributed by atoms with van der Waals surface area (Å²) in [4.78, 5) is 9.71. The summed E-state index contributed by atoms with van der Waals surface area (Å²) in [5.41, 5.74) is 1.18. The highest BCUT2D eigenvalue weighted by Crippen LogP contribution is 2.10. The van der Waals surface area contributed by atoms with E-state index in [9.17, 15) is 10.1 Å². The van der Waals surface area contributed by atoms with Crippen molar-refractivity contribution >= 4 is 5.69 Å². The van der Waals surface area contributed by atoms with Crippen molar-refractivity contribution in [3.05, 3.63) is 39.9 Å². The standard InChI is InChI=1S/C7H7NO2.H2O/c1-6-2-4-7(5-3-6)8(9)10;/h2-5H,1H3;1H2. The van der Waals surface area contributed by atoms with Crippen LogP contribution in [0.25, 0.3) is 0 Å². The smallest absolute Gasteiger partial charge is 0.269 e. The second kappa shape index (κ2) is 3.68. The zero-order valence-corrected chi connectivity index (χ0v) is 6.07. The number of nitro groups is 1. The van der Waals surface area contributed by atoms with Crippen LogP contribution in [0.15, 0.2) is 24.3 Å². The van der Waals surface area contributed by atoms with Crippen molar-refractivity contribution in [2.24, 2.45) is 0 Å². The molecule has 11 heavy (non-hydrogen) atoms. The van der Waals surface area contributed by atoms with Crippen molar-refractivity contribution in [2.45, 2.75) is 6.92 Å². The molecule has 0 aliphatic heterocycles. The van der Waals surface area contributed by atoms with Gasteiger partial charge in [0.15, 0.2) is 0 Å². The summed E-state index contributed by atoms with van der Waals surface area (Å²) in [5.74, 6) is 0. The van der Waals surface area contributed by atoms with Gasteiger partial charge in [-0.2, -0.15) is 0 Å². The molecule has 0 spiro atoms. The van der Waals surface area contributed by atoms with Crippen molar-refractivity contribution in [2.75, 3.05) is 0 Å². The molecule has 0 fully saturated rings.